The largest absolute Gasteiger partial charge is 0.496 e. The highest BCUT2D eigenvalue weighted by molar-refractivity contribution is 5.79. The lowest BCUT2D eigenvalue weighted by Gasteiger charge is -2.10. The maximum absolute atomic E-state index is 5.33. The third-order valence-electron chi connectivity index (χ3n) is 2.93. The molecule has 0 saturated heterocycles. The first-order valence-corrected chi connectivity index (χ1v) is 7.16. The Morgan fingerprint density at radius 1 is 1.32 bits per heavy atom. The minimum absolute atomic E-state index is 0.453. The molecule has 0 saturated carbocycles. The molecule has 0 bridgehead atoms. The van der Waals surface area contributed by atoms with Crippen molar-refractivity contribution in [2.45, 2.75) is 26.9 Å². The maximum atomic E-state index is 5.33. The normalized spacial score (nSPS) is 11.3. The van der Waals surface area contributed by atoms with E-state index < -0.39 is 0 Å². The van der Waals surface area contributed by atoms with E-state index in [4.69, 9.17) is 9.26 Å². The molecule has 1 aromatic heterocycles. The number of methoxy groups -OCH3 is 1. The van der Waals surface area contributed by atoms with Crippen molar-refractivity contribution >= 4 is 5.96 Å². The van der Waals surface area contributed by atoms with Crippen molar-refractivity contribution in [3.8, 4) is 5.75 Å². The number of nitrogens with one attached hydrogen (secondary N) is 2. The van der Waals surface area contributed by atoms with E-state index in [1.54, 1.807) is 14.0 Å². The smallest absolute Gasteiger partial charge is 0.223 e. The van der Waals surface area contributed by atoms with E-state index in [0.717, 1.165) is 17.9 Å². The second kappa shape index (κ2) is 8.02. The molecule has 0 unspecified atom stereocenters. The number of aryl methyl sites for hydroxylation is 1. The summed E-state index contributed by atoms with van der Waals surface area (Å²) in [4.78, 5) is 8.69. The van der Waals surface area contributed by atoms with Gasteiger partial charge >= 0.3 is 0 Å². The Morgan fingerprint density at radius 3 is 2.82 bits per heavy atom. The van der Waals surface area contributed by atoms with Gasteiger partial charge in [0.2, 0.25) is 5.89 Å². The van der Waals surface area contributed by atoms with Gasteiger partial charge in [0.25, 0.3) is 0 Å². The number of nitrogens with zero attached hydrogens (tertiary/aromatic N) is 3. The average molecular weight is 303 g/mol. The van der Waals surface area contributed by atoms with Crippen molar-refractivity contribution in [3.05, 3.63) is 41.5 Å². The van der Waals surface area contributed by atoms with Gasteiger partial charge in [0.1, 0.15) is 5.75 Å². The molecule has 0 amide bonds. The van der Waals surface area contributed by atoms with Gasteiger partial charge in [0, 0.05) is 19.0 Å². The molecule has 0 aliphatic carbocycles. The predicted octanol–water partition coefficient (Wildman–Crippen LogP) is 1.64. The summed E-state index contributed by atoms with van der Waals surface area (Å²) in [7, 11) is 1.66. The molecule has 1 aromatic carbocycles. The number of aromatic nitrogens is 2. The standard InChI is InChI=1S/C15H21N5O2/c1-4-16-15(18-10-14-19-11(2)22-20-14)17-9-12-7-5-6-8-13(12)21-3/h5-8H,4,9-10H2,1-3H3,(H2,16,17,18). The van der Waals surface area contributed by atoms with Crippen LogP contribution >= 0.6 is 0 Å². The Balaban J connectivity index is 2.00. The second-order valence-corrected chi connectivity index (χ2v) is 4.59. The molecule has 2 N–H and O–H groups in total. The summed E-state index contributed by atoms with van der Waals surface area (Å²) in [6.07, 6.45) is 0. The highest BCUT2D eigenvalue weighted by Gasteiger charge is 2.05. The molecule has 0 aliphatic heterocycles. The van der Waals surface area contributed by atoms with E-state index in [2.05, 4.69) is 25.8 Å². The third kappa shape index (κ3) is 4.47. The molecular formula is C15H21N5O2. The number of hydrogen-bond acceptors (Lipinski definition) is 5. The molecule has 2 aromatic rings. The maximum Gasteiger partial charge on any atom is 0.223 e. The molecule has 1 heterocycles. The van der Waals surface area contributed by atoms with Crippen LogP contribution in [0.3, 0.4) is 0 Å². The van der Waals surface area contributed by atoms with Crippen molar-refractivity contribution < 1.29 is 9.26 Å². The van der Waals surface area contributed by atoms with Gasteiger partial charge in [-0.1, -0.05) is 23.4 Å². The van der Waals surface area contributed by atoms with Crippen LogP contribution in [0.1, 0.15) is 24.2 Å². The Hall–Kier alpha value is -2.57. The monoisotopic (exact) mass is 303 g/mol. The zero-order valence-electron chi connectivity index (χ0n) is 13.1. The fourth-order valence-electron chi connectivity index (χ4n) is 1.92. The van der Waals surface area contributed by atoms with Crippen molar-refractivity contribution in [2.24, 2.45) is 4.99 Å². The van der Waals surface area contributed by atoms with Crippen molar-refractivity contribution in [2.75, 3.05) is 13.7 Å². The summed E-state index contributed by atoms with van der Waals surface area (Å²) < 4.78 is 10.3. The van der Waals surface area contributed by atoms with Gasteiger partial charge in [0.15, 0.2) is 11.8 Å². The lowest BCUT2D eigenvalue weighted by Crippen LogP contribution is -2.37. The second-order valence-electron chi connectivity index (χ2n) is 4.59. The molecule has 118 valence electrons. The van der Waals surface area contributed by atoms with Crippen molar-refractivity contribution in [3.63, 3.8) is 0 Å². The zero-order chi connectivity index (χ0) is 15.8. The van der Waals surface area contributed by atoms with E-state index in [9.17, 15) is 0 Å². The van der Waals surface area contributed by atoms with E-state index in [1.165, 1.54) is 0 Å². The SMILES string of the molecule is CCNC(=NCc1ccccc1OC)NCc1noc(C)n1. The number of para-hydroxylation sites is 1. The number of benzene rings is 1. The highest BCUT2D eigenvalue weighted by atomic mass is 16.5. The van der Waals surface area contributed by atoms with Gasteiger partial charge in [-0.2, -0.15) is 4.98 Å². The summed E-state index contributed by atoms with van der Waals surface area (Å²) in [5.41, 5.74) is 1.03. The Morgan fingerprint density at radius 2 is 2.14 bits per heavy atom. The van der Waals surface area contributed by atoms with E-state index in [-0.39, 0.29) is 0 Å². The fraction of sp³-hybridized carbons (Fsp3) is 0.400. The van der Waals surface area contributed by atoms with Crippen LogP contribution in [-0.4, -0.2) is 29.8 Å². The summed E-state index contributed by atoms with van der Waals surface area (Å²) in [5, 5.41) is 10.2. The van der Waals surface area contributed by atoms with Crippen LogP contribution in [0.5, 0.6) is 5.75 Å². The molecule has 0 atom stereocenters. The summed E-state index contributed by atoms with van der Waals surface area (Å²) in [6, 6.07) is 7.83. The first kappa shape index (κ1) is 15.8. The molecule has 0 radical (unpaired) electrons. The van der Waals surface area contributed by atoms with Crippen LogP contribution in [-0.2, 0) is 13.1 Å². The summed E-state index contributed by atoms with van der Waals surface area (Å²) in [5.74, 6) is 2.67. The minimum Gasteiger partial charge on any atom is -0.496 e. The van der Waals surface area contributed by atoms with Crippen LogP contribution in [0.2, 0.25) is 0 Å². The summed E-state index contributed by atoms with van der Waals surface area (Å²) >= 11 is 0. The zero-order valence-corrected chi connectivity index (χ0v) is 13.1. The minimum atomic E-state index is 0.453. The van der Waals surface area contributed by atoms with Crippen LogP contribution in [0.15, 0.2) is 33.8 Å². The first-order chi connectivity index (χ1) is 10.7. The molecule has 0 fully saturated rings. The van der Waals surface area contributed by atoms with E-state index in [0.29, 0.717) is 30.8 Å². The van der Waals surface area contributed by atoms with Gasteiger partial charge in [0.05, 0.1) is 20.2 Å². The first-order valence-electron chi connectivity index (χ1n) is 7.16. The van der Waals surface area contributed by atoms with Gasteiger partial charge in [-0.25, -0.2) is 4.99 Å². The van der Waals surface area contributed by atoms with Crippen molar-refractivity contribution in [1.82, 2.24) is 20.8 Å². The van der Waals surface area contributed by atoms with Crippen LogP contribution in [0, 0.1) is 6.92 Å². The number of hydrogen-bond donors (Lipinski definition) is 2. The van der Waals surface area contributed by atoms with E-state index >= 15 is 0 Å². The Labute approximate surface area is 129 Å². The highest BCUT2D eigenvalue weighted by Crippen LogP contribution is 2.17. The quantitative estimate of drug-likeness (QED) is 0.623. The van der Waals surface area contributed by atoms with Crippen LogP contribution in [0.25, 0.3) is 0 Å². The molecular weight excluding hydrogens is 282 g/mol. The van der Waals surface area contributed by atoms with Gasteiger partial charge < -0.3 is 19.9 Å². The number of aliphatic imine (C=N–C) groups is 1. The molecule has 7 nitrogen and oxygen atoms in total. The number of rotatable bonds is 6. The molecule has 0 spiro atoms. The molecule has 7 heteroatoms. The van der Waals surface area contributed by atoms with Gasteiger partial charge in [-0.05, 0) is 13.0 Å². The fourth-order valence-corrected chi connectivity index (χ4v) is 1.92. The number of guanidine groups is 1. The van der Waals surface area contributed by atoms with Crippen LogP contribution in [0.4, 0.5) is 0 Å². The number of ether oxygens (including phenoxy) is 1. The van der Waals surface area contributed by atoms with Crippen LogP contribution < -0.4 is 15.4 Å². The average Bonchev–Trinajstić information content (AvgIpc) is 2.96. The molecule has 2 rings (SSSR count). The lowest BCUT2D eigenvalue weighted by atomic mass is 10.2. The summed E-state index contributed by atoms with van der Waals surface area (Å²) in [6.45, 7) is 5.51. The molecule has 22 heavy (non-hydrogen) atoms. The Bertz CT molecular complexity index is 624. The topological polar surface area (TPSA) is 84.6 Å². The lowest BCUT2D eigenvalue weighted by molar-refractivity contribution is 0.387. The van der Waals surface area contributed by atoms with Gasteiger partial charge in [-0.3, -0.25) is 0 Å². The Kier molecular flexibility index (Phi) is 5.76. The molecule has 0 aliphatic rings. The van der Waals surface area contributed by atoms with Gasteiger partial charge in [-0.15, -0.1) is 0 Å². The van der Waals surface area contributed by atoms with E-state index in [1.807, 2.05) is 31.2 Å². The van der Waals surface area contributed by atoms with Crippen molar-refractivity contribution in [1.29, 1.82) is 0 Å². The predicted molar refractivity (Wildman–Crippen MR) is 83.7 cm³/mol. The third-order valence-corrected chi connectivity index (χ3v) is 2.93.